The number of hydrogen-bond donors (Lipinski definition) is 0. The van der Waals surface area contributed by atoms with Gasteiger partial charge in [-0.05, 0) is 25.0 Å². The van der Waals surface area contributed by atoms with Crippen molar-refractivity contribution in [3.8, 4) is 6.07 Å². The summed E-state index contributed by atoms with van der Waals surface area (Å²) in [5.41, 5.74) is 3.98. The van der Waals surface area contributed by atoms with Crippen molar-refractivity contribution in [2.24, 2.45) is 0 Å². The lowest BCUT2D eigenvalue weighted by Gasteiger charge is -2.36. The van der Waals surface area contributed by atoms with Gasteiger partial charge in [-0.15, -0.1) is 0 Å². The number of nitrogens with zero attached hydrogens (tertiary/aromatic N) is 3. The number of benzene rings is 2. The van der Waals surface area contributed by atoms with Gasteiger partial charge in [0.25, 0.3) is 0 Å². The van der Waals surface area contributed by atoms with Crippen LogP contribution in [0.3, 0.4) is 0 Å². The first-order valence-electron chi connectivity index (χ1n) is 9.12. The molecule has 0 spiro atoms. The van der Waals surface area contributed by atoms with Crippen LogP contribution in [0, 0.1) is 25.2 Å². The minimum atomic E-state index is -3.36. The molecule has 1 unspecified atom stereocenters. The Morgan fingerprint density at radius 1 is 1.00 bits per heavy atom. The zero-order valence-electron chi connectivity index (χ0n) is 15.8. The van der Waals surface area contributed by atoms with Gasteiger partial charge in [0.1, 0.15) is 6.04 Å². The van der Waals surface area contributed by atoms with E-state index in [9.17, 15) is 13.7 Å². The number of sulfonamides is 1. The Labute approximate surface area is 161 Å². The SMILES string of the molecule is Cc1ccc(C(C#N)N2CCN(S(=O)(=O)Cc3cccc(C)c3)CC2)cc1. The van der Waals surface area contributed by atoms with Gasteiger partial charge in [-0.3, -0.25) is 4.90 Å². The van der Waals surface area contributed by atoms with Crippen molar-refractivity contribution >= 4 is 10.0 Å². The van der Waals surface area contributed by atoms with Crippen LogP contribution in [-0.2, 0) is 15.8 Å². The lowest BCUT2D eigenvalue weighted by Crippen LogP contribution is -2.49. The van der Waals surface area contributed by atoms with Gasteiger partial charge in [0.05, 0.1) is 11.8 Å². The Bertz CT molecular complexity index is 925. The van der Waals surface area contributed by atoms with Crippen LogP contribution in [0.15, 0.2) is 48.5 Å². The minimum absolute atomic E-state index is 0.0221. The third-order valence-corrected chi connectivity index (χ3v) is 6.83. The summed E-state index contributed by atoms with van der Waals surface area (Å²) >= 11 is 0. The second-order valence-electron chi connectivity index (χ2n) is 7.12. The lowest BCUT2D eigenvalue weighted by atomic mass is 10.0. The van der Waals surface area contributed by atoms with Gasteiger partial charge in [0.15, 0.2) is 0 Å². The first-order valence-corrected chi connectivity index (χ1v) is 10.7. The number of piperazine rings is 1. The van der Waals surface area contributed by atoms with Crippen molar-refractivity contribution < 1.29 is 8.42 Å². The van der Waals surface area contributed by atoms with Gasteiger partial charge in [-0.25, -0.2) is 8.42 Å². The van der Waals surface area contributed by atoms with E-state index in [0.717, 1.165) is 22.3 Å². The largest absolute Gasteiger partial charge is 0.282 e. The summed E-state index contributed by atoms with van der Waals surface area (Å²) in [4.78, 5) is 2.06. The average Bonchev–Trinajstić information content (AvgIpc) is 2.64. The molecule has 5 nitrogen and oxygen atoms in total. The molecule has 142 valence electrons. The molecule has 0 aliphatic carbocycles. The predicted octanol–water partition coefficient (Wildman–Crippen LogP) is 3.02. The van der Waals surface area contributed by atoms with Crippen LogP contribution < -0.4 is 0 Å². The number of hydrogen-bond acceptors (Lipinski definition) is 4. The van der Waals surface area contributed by atoms with Crippen LogP contribution in [0.1, 0.15) is 28.3 Å². The molecular weight excluding hydrogens is 358 g/mol. The monoisotopic (exact) mass is 383 g/mol. The summed E-state index contributed by atoms with van der Waals surface area (Å²) in [6.07, 6.45) is 0. The third-order valence-electron chi connectivity index (χ3n) is 4.98. The summed E-state index contributed by atoms with van der Waals surface area (Å²) in [6, 6.07) is 17.6. The maximum Gasteiger partial charge on any atom is 0.218 e. The molecule has 1 aliphatic rings. The van der Waals surface area contributed by atoms with Crippen molar-refractivity contribution in [3.63, 3.8) is 0 Å². The van der Waals surface area contributed by atoms with Gasteiger partial charge < -0.3 is 0 Å². The summed E-state index contributed by atoms with van der Waals surface area (Å²) in [7, 11) is -3.36. The second kappa shape index (κ2) is 8.22. The molecule has 3 rings (SSSR count). The standard InChI is InChI=1S/C21H25N3O2S/c1-17-6-8-20(9-7-17)21(15-22)23-10-12-24(13-11-23)27(25,26)16-19-5-3-4-18(2)14-19/h3-9,14,21H,10-13,16H2,1-2H3. The van der Waals surface area contributed by atoms with Crippen molar-refractivity contribution in [1.82, 2.24) is 9.21 Å². The first kappa shape index (κ1) is 19.6. The Hall–Kier alpha value is -2.20. The maximum absolute atomic E-state index is 12.8. The van der Waals surface area contributed by atoms with E-state index in [0.29, 0.717) is 26.2 Å². The smallest absolute Gasteiger partial charge is 0.218 e. The summed E-state index contributed by atoms with van der Waals surface area (Å²) in [5, 5.41) is 9.62. The Balaban J connectivity index is 1.65. The quantitative estimate of drug-likeness (QED) is 0.796. The lowest BCUT2D eigenvalue weighted by molar-refractivity contribution is 0.162. The zero-order chi connectivity index (χ0) is 19.4. The molecule has 0 bridgehead atoms. The van der Waals surface area contributed by atoms with Crippen LogP contribution in [0.25, 0.3) is 0 Å². The molecule has 0 amide bonds. The molecule has 1 heterocycles. The van der Waals surface area contributed by atoms with E-state index in [4.69, 9.17) is 0 Å². The van der Waals surface area contributed by atoms with Gasteiger partial charge in [-0.2, -0.15) is 9.57 Å². The highest BCUT2D eigenvalue weighted by atomic mass is 32.2. The number of nitriles is 1. The highest BCUT2D eigenvalue weighted by molar-refractivity contribution is 7.88. The van der Waals surface area contributed by atoms with Crippen molar-refractivity contribution in [2.75, 3.05) is 26.2 Å². The molecule has 0 aromatic heterocycles. The Kier molecular flexibility index (Phi) is 5.95. The second-order valence-corrected chi connectivity index (χ2v) is 9.09. The van der Waals surface area contributed by atoms with Crippen LogP contribution in [0.5, 0.6) is 0 Å². The minimum Gasteiger partial charge on any atom is -0.282 e. The fourth-order valence-corrected chi connectivity index (χ4v) is 4.96. The molecule has 1 aliphatic heterocycles. The highest BCUT2D eigenvalue weighted by Crippen LogP contribution is 2.23. The number of aryl methyl sites for hydroxylation is 2. The first-order chi connectivity index (χ1) is 12.9. The highest BCUT2D eigenvalue weighted by Gasteiger charge is 2.30. The van der Waals surface area contributed by atoms with E-state index in [2.05, 4.69) is 11.0 Å². The summed E-state index contributed by atoms with van der Waals surface area (Å²) < 4.78 is 27.1. The van der Waals surface area contributed by atoms with Crippen molar-refractivity contribution in [1.29, 1.82) is 5.26 Å². The Morgan fingerprint density at radius 3 is 2.26 bits per heavy atom. The zero-order valence-corrected chi connectivity index (χ0v) is 16.6. The molecular formula is C21H25N3O2S. The van der Waals surface area contributed by atoms with E-state index in [1.165, 1.54) is 0 Å². The van der Waals surface area contributed by atoms with E-state index in [1.807, 2.05) is 62.4 Å². The average molecular weight is 384 g/mol. The van der Waals surface area contributed by atoms with E-state index < -0.39 is 10.0 Å². The maximum atomic E-state index is 12.8. The molecule has 1 saturated heterocycles. The summed E-state index contributed by atoms with van der Waals surface area (Å²) in [5.74, 6) is 0.0221. The molecule has 1 atom stereocenters. The van der Waals surface area contributed by atoms with Gasteiger partial charge in [0.2, 0.25) is 10.0 Å². The van der Waals surface area contributed by atoms with Gasteiger partial charge >= 0.3 is 0 Å². The third kappa shape index (κ3) is 4.75. The fourth-order valence-electron chi connectivity index (χ4n) is 3.46. The van der Waals surface area contributed by atoms with Gasteiger partial charge in [0, 0.05) is 26.2 Å². The molecule has 2 aromatic rings. The van der Waals surface area contributed by atoms with E-state index >= 15 is 0 Å². The fraction of sp³-hybridized carbons (Fsp3) is 0.381. The summed E-state index contributed by atoms with van der Waals surface area (Å²) in [6.45, 7) is 5.92. The molecule has 6 heteroatoms. The number of rotatable bonds is 5. The van der Waals surface area contributed by atoms with E-state index in [1.54, 1.807) is 4.31 Å². The van der Waals surface area contributed by atoms with Crippen LogP contribution in [0.2, 0.25) is 0 Å². The van der Waals surface area contributed by atoms with Crippen LogP contribution >= 0.6 is 0 Å². The topological polar surface area (TPSA) is 64.4 Å². The molecule has 0 radical (unpaired) electrons. The van der Waals surface area contributed by atoms with Crippen molar-refractivity contribution in [3.05, 3.63) is 70.8 Å². The molecule has 0 N–H and O–H groups in total. The van der Waals surface area contributed by atoms with Crippen LogP contribution in [-0.4, -0.2) is 43.8 Å². The molecule has 27 heavy (non-hydrogen) atoms. The molecule has 0 saturated carbocycles. The van der Waals surface area contributed by atoms with Crippen molar-refractivity contribution in [2.45, 2.75) is 25.6 Å². The normalized spacial score (nSPS) is 17.4. The van der Waals surface area contributed by atoms with Gasteiger partial charge in [-0.1, -0.05) is 59.7 Å². The molecule has 2 aromatic carbocycles. The van der Waals surface area contributed by atoms with E-state index in [-0.39, 0.29) is 11.8 Å². The van der Waals surface area contributed by atoms with Crippen LogP contribution in [0.4, 0.5) is 0 Å². The molecule has 1 fully saturated rings. The predicted molar refractivity (Wildman–Crippen MR) is 106 cm³/mol. The Morgan fingerprint density at radius 2 is 1.67 bits per heavy atom.